The third kappa shape index (κ3) is 3.32. The van der Waals surface area contributed by atoms with Crippen molar-refractivity contribution in [2.45, 2.75) is 18.9 Å². The Hall–Kier alpha value is -1.43. The van der Waals surface area contributed by atoms with Gasteiger partial charge < -0.3 is 0 Å². The van der Waals surface area contributed by atoms with Gasteiger partial charge in [0, 0.05) is 35.6 Å². The lowest BCUT2D eigenvalue weighted by molar-refractivity contribution is 0.479. The van der Waals surface area contributed by atoms with Crippen LogP contribution in [0.15, 0.2) is 30.5 Å². The van der Waals surface area contributed by atoms with E-state index in [1.807, 2.05) is 13.1 Å². The molecule has 0 saturated heterocycles. The molecule has 0 spiro atoms. The highest BCUT2D eigenvalue weighted by Gasteiger charge is 2.15. The summed E-state index contributed by atoms with van der Waals surface area (Å²) in [7, 11) is 1.88. The predicted octanol–water partition coefficient (Wildman–Crippen LogP) is 2.35. The molecular weight excluding hydrogens is 267 g/mol. The Morgan fingerprint density at radius 3 is 2.84 bits per heavy atom. The lowest BCUT2D eigenvalue weighted by atomic mass is 10.0. The SMILES string of the molecule is Cn1nccc1CCC(NN)c1ccc(Cl)cc1F. The molecule has 0 amide bonds. The van der Waals surface area contributed by atoms with Crippen molar-refractivity contribution < 1.29 is 4.39 Å². The molecule has 0 aliphatic carbocycles. The van der Waals surface area contributed by atoms with Crippen LogP contribution >= 0.6 is 11.6 Å². The van der Waals surface area contributed by atoms with Gasteiger partial charge in [0.1, 0.15) is 5.82 Å². The normalized spacial score (nSPS) is 12.6. The van der Waals surface area contributed by atoms with E-state index >= 15 is 0 Å². The molecule has 1 unspecified atom stereocenters. The minimum Gasteiger partial charge on any atom is -0.273 e. The van der Waals surface area contributed by atoms with E-state index in [0.717, 1.165) is 12.1 Å². The van der Waals surface area contributed by atoms with Crippen LogP contribution in [0, 0.1) is 5.82 Å². The first-order valence-corrected chi connectivity index (χ1v) is 6.37. The number of hydrogen-bond acceptors (Lipinski definition) is 3. The van der Waals surface area contributed by atoms with Crippen molar-refractivity contribution in [1.29, 1.82) is 0 Å². The maximum atomic E-state index is 13.8. The zero-order valence-electron chi connectivity index (χ0n) is 10.6. The van der Waals surface area contributed by atoms with Crippen molar-refractivity contribution in [1.82, 2.24) is 15.2 Å². The van der Waals surface area contributed by atoms with Crippen LogP contribution in [0.1, 0.15) is 23.7 Å². The van der Waals surface area contributed by atoms with Gasteiger partial charge in [-0.3, -0.25) is 16.0 Å². The Morgan fingerprint density at radius 1 is 1.47 bits per heavy atom. The molecule has 0 bridgehead atoms. The molecule has 2 rings (SSSR count). The average molecular weight is 283 g/mol. The first kappa shape index (κ1) is 14.0. The Kier molecular flexibility index (Phi) is 4.52. The molecule has 1 aromatic carbocycles. The summed E-state index contributed by atoms with van der Waals surface area (Å²) in [6, 6.07) is 6.30. The number of halogens is 2. The molecule has 1 heterocycles. The van der Waals surface area contributed by atoms with E-state index in [1.54, 1.807) is 23.0 Å². The summed E-state index contributed by atoms with van der Waals surface area (Å²) < 4.78 is 15.6. The molecule has 1 atom stereocenters. The molecular formula is C13H16ClFN4. The van der Waals surface area contributed by atoms with Crippen LogP contribution in [-0.2, 0) is 13.5 Å². The van der Waals surface area contributed by atoms with E-state index < -0.39 is 0 Å². The fourth-order valence-electron chi connectivity index (χ4n) is 2.05. The molecule has 102 valence electrons. The highest BCUT2D eigenvalue weighted by Crippen LogP contribution is 2.23. The quantitative estimate of drug-likeness (QED) is 0.654. The second-order valence-corrected chi connectivity index (χ2v) is 4.81. The number of aryl methyl sites for hydroxylation is 2. The largest absolute Gasteiger partial charge is 0.273 e. The number of aromatic nitrogens is 2. The minimum atomic E-state index is -0.347. The van der Waals surface area contributed by atoms with Crippen LogP contribution in [0.5, 0.6) is 0 Å². The number of nitrogens with zero attached hydrogens (tertiary/aromatic N) is 2. The first-order valence-electron chi connectivity index (χ1n) is 5.99. The van der Waals surface area contributed by atoms with Gasteiger partial charge in [-0.2, -0.15) is 5.10 Å². The molecule has 19 heavy (non-hydrogen) atoms. The summed E-state index contributed by atoms with van der Waals surface area (Å²) >= 11 is 5.74. The van der Waals surface area contributed by atoms with E-state index in [2.05, 4.69) is 10.5 Å². The van der Waals surface area contributed by atoms with Gasteiger partial charge in [-0.05, 0) is 31.0 Å². The van der Waals surface area contributed by atoms with Gasteiger partial charge in [-0.15, -0.1) is 0 Å². The van der Waals surface area contributed by atoms with Crippen LogP contribution in [0.3, 0.4) is 0 Å². The second kappa shape index (κ2) is 6.14. The number of benzene rings is 1. The van der Waals surface area contributed by atoms with E-state index in [9.17, 15) is 4.39 Å². The van der Waals surface area contributed by atoms with Gasteiger partial charge in [0.25, 0.3) is 0 Å². The Bertz CT molecular complexity index is 555. The Labute approximate surface area is 116 Å². The van der Waals surface area contributed by atoms with Crippen molar-refractivity contribution in [2.75, 3.05) is 0 Å². The molecule has 2 aromatic rings. The first-order chi connectivity index (χ1) is 9.11. The molecule has 0 fully saturated rings. The number of hydrogen-bond donors (Lipinski definition) is 2. The fraction of sp³-hybridized carbons (Fsp3) is 0.308. The Morgan fingerprint density at radius 2 is 2.26 bits per heavy atom. The van der Waals surface area contributed by atoms with Crippen LogP contribution in [0.4, 0.5) is 4.39 Å². The van der Waals surface area contributed by atoms with Crippen molar-refractivity contribution in [3.05, 3.63) is 52.6 Å². The minimum absolute atomic E-state index is 0.257. The molecule has 0 aliphatic heterocycles. The van der Waals surface area contributed by atoms with Crippen molar-refractivity contribution in [3.63, 3.8) is 0 Å². The topological polar surface area (TPSA) is 55.9 Å². The number of nitrogens with one attached hydrogen (secondary N) is 1. The summed E-state index contributed by atoms with van der Waals surface area (Å²) in [5.74, 6) is 5.17. The molecule has 0 radical (unpaired) electrons. The molecule has 4 nitrogen and oxygen atoms in total. The number of hydrazine groups is 1. The van der Waals surface area contributed by atoms with Crippen LogP contribution in [0.25, 0.3) is 0 Å². The maximum Gasteiger partial charge on any atom is 0.129 e. The zero-order valence-corrected chi connectivity index (χ0v) is 11.4. The van der Waals surface area contributed by atoms with E-state index in [1.165, 1.54) is 6.07 Å². The number of rotatable bonds is 5. The molecule has 0 aliphatic rings. The van der Waals surface area contributed by atoms with E-state index in [0.29, 0.717) is 17.0 Å². The summed E-state index contributed by atoms with van der Waals surface area (Å²) in [5, 5.41) is 4.47. The van der Waals surface area contributed by atoms with Crippen LogP contribution < -0.4 is 11.3 Å². The van der Waals surface area contributed by atoms with Gasteiger partial charge in [-0.1, -0.05) is 17.7 Å². The van der Waals surface area contributed by atoms with Crippen molar-refractivity contribution in [3.8, 4) is 0 Å². The third-order valence-electron chi connectivity index (χ3n) is 3.15. The molecule has 3 N–H and O–H groups in total. The molecule has 1 aromatic heterocycles. The summed E-state index contributed by atoms with van der Waals surface area (Å²) in [6.45, 7) is 0. The lowest BCUT2D eigenvalue weighted by Crippen LogP contribution is -2.29. The summed E-state index contributed by atoms with van der Waals surface area (Å²) in [5.41, 5.74) is 4.25. The monoisotopic (exact) mass is 282 g/mol. The van der Waals surface area contributed by atoms with Gasteiger partial charge in [0.05, 0.1) is 0 Å². The standard InChI is InChI=1S/C13H16ClFN4/c1-19-10(6-7-17-19)3-5-13(18-16)11-4-2-9(14)8-12(11)15/h2,4,6-8,13,18H,3,5,16H2,1H3. The zero-order chi connectivity index (χ0) is 13.8. The number of nitrogens with two attached hydrogens (primary N) is 1. The van der Waals surface area contributed by atoms with Crippen LogP contribution in [-0.4, -0.2) is 9.78 Å². The van der Waals surface area contributed by atoms with Crippen molar-refractivity contribution >= 4 is 11.6 Å². The highest BCUT2D eigenvalue weighted by atomic mass is 35.5. The van der Waals surface area contributed by atoms with Gasteiger partial charge >= 0.3 is 0 Å². The molecule has 0 saturated carbocycles. The highest BCUT2D eigenvalue weighted by molar-refractivity contribution is 6.30. The van der Waals surface area contributed by atoms with Gasteiger partial charge in [0.15, 0.2) is 0 Å². The predicted molar refractivity (Wildman–Crippen MR) is 73.0 cm³/mol. The van der Waals surface area contributed by atoms with Gasteiger partial charge in [-0.25, -0.2) is 4.39 Å². The van der Waals surface area contributed by atoms with Crippen molar-refractivity contribution in [2.24, 2.45) is 12.9 Å². The van der Waals surface area contributed by atoms with E-state index in [4.69, 9.17) is 17.4 Å². The summed E-state index contributed by atoms with van der Waals surface area (Å²) in [6.07, 6.45) is 3.17. The van der Waals surface area contributed by atoms with Gasteiger partial charge in [0.2, 0.25) is 0 Å². The maximum absolute atomic E-state index is 13.8. The second-order valence-electron chi connectivity index (χ2n) is 4.37. The Balaban J connectivity index is 2.10. The van der Waals surface area contributed by atoms with E-state index in [-0.39, 0.29) is 11.9 Å². The van der Waals surface area contributed by atoms with Crippen LogP contribution in [0.2, 0.25) is 5.02 Å². The third-order valence-corrected chi connectivity index (χ3v) is 3.39. The smallest absolute Gasteiger partial charge is 0.129 e. The average Bonchev–Trinajstić information content (AvgIpc) is 2.78. The molecule has 6 heteroatoms. The lowest BCUT2D eigenvalue weighted by Gasteiger charge is -2.17. The summed E-state index contributed by atoms with van der Waals surface area (Å²) in [4.78, 5) is 0. The fourth-order valence-corrected chi connectivity index (χ4v) is 2.21.